The molecule has 3 rings (SSSR count). The minimum atomic E-state index is -0.842. The van der Waals surface area contributed by atoms with Crippen LogP contribution >= 0.6 is 11.6 Å². The smallest absolute Gasteiger partial charge is 0.271 e. The largest absolute Gasteiger partial charge is 0.463 e. The summed E-state index contributed by atoms with van der Waals surface area (Å²) in [4.78, 5) is 24.7. The van der Waals surface area contributed by atoms with Crippen LogP contribution in [0.5, 0.6) is 5.88 Å². The molecule has 0 aliphatic carbocycles. The van der Waals surface area contributed by atoms with E-state index >= 15 is 0 Å². The fraction of sp³-hybridized carbons (Fsp3) is 0.227. The maximum atomic E-state index is 12.5. The van der Waals surface area contributed by atoms with E-state index in [0.29, 0.717) is 16.4 Å². The normalized spacial score (nSPS) is 11.8. The van der Waals surface area contributed by atoms with Crippen LogP contribution in [-0.4, -0.2) is 21.8 Å². The lowest BCUT2D eigenvalue weighted by Gasteiger charge is -2.16. The van der Waals surface area contributed by atoms with Crippen LogP contribution in [0.3, 0.4) is 0 Å². The number of nitrogens with one attached hydrogen (secondary N) is 1. The Morgan fingerprint density at radius 3 is 2.52 bits per heavy atom. The number of rotatable bonds is 5. The van der Waals surface area contributed by atoms with Gasteiger partial charge in [-0.25, -0.2) is 0 Å². The summed E-state index contributed by atoms with van der Waals surface area (Å²) in [6, 6.07) is 13.8. The first-order valence-corrected chi connectivity index (χ1v) is 9.54. The molecule has 0 bridgehead atoms. The van der Waals surface area contributed by atoms with Crippen molar-refractivity contribution >= 4 is 23.2 Å². The number of hydrogen-bond donors (Lipinski definition) is 1. The van der Waals surface area contributed by atoms with E-state index in [1.807, 2.05) is 45.0 Å². The van der Waals surface area contributed by atoms with E-state index in [4.69, 9.17) is 16.3 Å². The highest BCUT2D eigenvalue weighted by molar-refractivity contribution is 6.33. The molecule has 1 N–H and O–H groups in total. The standard InChI is InChI=1S/C22H22ClN3O3/c1-13-5-8-19(18(23)11-13)24-22(28)16(4)29-20-9-10-21(27)26(25-20)17-7-6-14(2)15(3)12-17/h5-12,16H,1-4H3,(H,24,28)/t16-/m1/s1. The average molecular weight is 412 g/mol. The first kappa shape index (κ1) is 20.6. The second-order valence-corrected chi connectivity index (χ2v) is 7.33. The van der Waals surface area contributed by atoms with Gasteiger partial charge in [-0.3, -0.25) is 9.59 Å². The van der Waals surface area contributed by atoms with Crippen molar-refractivity contribution in [2.24, 2.45) is 0 Å². The summed E-state index contributed by atoms with van der Waals surface area (Å²) in [6.45, 7) is 7.48. The molecule has 1 atom stereocenters. The van der Waals surface area contributed by atoms with Crippen molar-refractivity contribution in [2.45, 2.75) is 33.8 Å². The Kier molecular flexibility index (Phi) is 6.03. The monoisotopic (exact) mass is 411 g/mol. The third-order valence-corrected chi connectivity index (χ3v) is 4.87. The van der Waals surface area contributed by atoms with Crippen molar-refractivity contribution in [2.75, 3.05) is 5.32 Å². The van der Waals surface area contributed by atoms with E-state index in [9.17, 15) is 9.59 Å². The van der Waals surface area contributed by atoms with Gasteiger partial charge in [-0.05, 0) is 68.7 Å². The number of carbonyl (C=O) groups is 1. The lowest BCUT2D eigenvalue weighted by molar-refractivity contribution is -0.122. The highest BCUT2D eigenvalue weighted by Gasteiger charge is 2.17. The van der Waals surface area contributed by atoms with Gasteiger partial charge < -0.3 is 10.1 Å². The molecule has 1 aromatic heterocycles. The molecule has 1 amide bonds. The lowest BCUT2D eigenvalue weighted by atomic mass is 10.1. The zero-order chi connectivity index (χ0) is 21.1. The molecular weight excluding hydrogens is 390 g/mol. The number of ether oxygens (including phenoxy) is 1. The summed E-state index contributed by atoms with van der Waals surface area (Å²) in [7, 11) is 0. The summed E-state index contributed by atoms with van der Waals surface area (Å²) in [5.74, 6) is -0.207. The van der Waals surface area contributed by atoms with Crippen LogP contribution in [0, 0.1) is 20.8 Å². The van der Waals surface area contributed by atoms with Gasteiger partial charge in [-0.15, -0.1) is 5.10 Å². The number of anilines is 1. The number of nitrogens with zero attached hydrogens (tertiary/aromatic N) is 2. The summed E-state index contributed by atoms with van der Waals surface area (Å²) >= 11 is 6.16. The van der Waals surface area contributed by atoms with Crippen molar-refractivity contribution in [3.63, 3.8) is 0 Å². The van der Waals surface area contributed by atoms with Crippen molar-refractivity contribution in [3.05, 3.63) is 80.6 Å². The predicted molar refractivity (Wildman–Crippen MR) is 114 cm³/mol. The summed E-state index contributed by atoms with van der Waals surface area (Å²) in [5, 5.41) is 7.44. The predicted octanol–water partition coefficient (Wildman–Crippen LogP) is 4.22. The Labute approximate surface area is 174 Å². The van der Waals surface area contributed by atoms with Crippen LogP contribution in [0.25, 0.3) is 5.69 Å². The van der Waals surface area contributed by atoms with Crippen LogP contribution in [0.1, 0.15) is 23.6 Å². The molecule has 2 aromatic carbocycles. The Hall–Kier alpha value is -3.12. The van der Waals surface area contributed by atoms with E-state index in [1.54, 1.807) is 19.1 Å². The molecule has 0 radical (unpaired) electrons. The molecule has 0 aliphatic rings. The molecular formula is C22H22ClN3O3. The highest BCUT2D eigenvalue weighted by atomic mass is 35.5. The number of carbonyl (C=O) groups excluding carboxylic acids is 1. The van der Waals surface area contributed by atoms with E-state index in [0.717, 1.165) is 16.7 Å². The summed E-state index contributed by atoms with van der Waals surface area (Å²) in [5.41, 5.74) is 4.01. The maximum Gasteiger partial charge on any atom is 0.271 e. The first-order chi connectivity index (χ1) is 13.7. The minimum Gasteiger partial charge on any atom is -0.463 e. The van der Waals surface area contributed by atoms with Gasteiger partial charge in [0.25, 0.3) is 11.5 Å². The molecule has 0 unspecified atom stereocenters. The molecule has 150 valence electrons. The molecule has 29 heavy (non-hydrogen) atoms. The number of aryl methyl sites for hydroxylation is 3. The van der Waals surface area contributed by atoms with E-state index in [1.165, 1.54) is 16.8 Å². The fourth-order valence-electron chi connectivity index (χ4n) is 2.69. The Morgan fingerprint density at radius 2 is 1.83 bits per heavy atom. The first-order valence-electron chi connectivity index (χ1n) is 9.16. The van der Waals surface area contributed by atoms with Crippen LogP contribution in [0.4, 0.5) is 5.69 Å². The van der Waals surface area contributed by atoms with Crippen LogP contribution in [-0.2, 0) is 4.79 Å². The quantitative estimate of drug-likeness (QED) is 0.682. The molecule has 3 aromatic rings. The fourth-order valence-corrected chi connectivity index (χ4v) is 2.97. The maximum absolute atomic E-state index is 12.5. The van der Waals surface area contributed by atoms with E-state index in [2.05, 4.69) is 10.4 Å². The third kappa shape index (κ3) is 4.84. The molecule has 0 aliphatic heterocycles. The van der Waals surface area contributed by atoms with Gasteiger partial charge in [0.15, 0.2) is 6.10 Å². The molecule has 0 spiro atoms. The lowest BCUT2D eigenvalue weighted by Crippen LogP contribution is -2.31. The number of benzene rings is 2. The molecule has 7 heteroatoms. The van der Waals surface area contributed by atoms with Gasteiger partial charge >= 0.3 is 0 Å². The van der Waals surface area contributed by atoms with Gasteiger partial charge in [0.2, 0.25) is 5.88 Å². The van der Waals surface area contributed by atoms with Gasteiger partial charge in [0, 0.05) is 12.1 Å². The van der Waals surface area contributed by atoms with Gasteiger partial charge in [0.1, 0.15) is 0 Å². The molecule has 0 saturated carbocycles. The zero-order valence-electron chi connectivity index (χ0n) is 16.7. The van der Waals surface area contributed by atoms with Crippen molar-refractivity contribution in [1.29, 1.82) is 0 Å². The number of hydrogen-bond acceptors (Lipinski definition) is 4. The second-order valence-electron chi connectivity index (χ2n) is 6.92. The molecule has 0 saturated heterocycles. The summed E-state index contributed by atoms with van der Waals surface area (Å²) in [6.07, 6.45) is -0.842. The van der Waals surface area contributed by atoms with Crippen molar-refractivity contribution in [3.8, 4) is 11.6 Å². The second kappa shape index (κ2) is 8.49. The molecule has 0 fully saturated rings. The van der Waals surface area contributed by atoms with Gasteiger partial charge in [-0.2, -0.15) is 4.68 Å². The van der Waals surface area contributed by atoms with Crippen molar-refractivity contribution < 1.29 is 9.53 Å². The average Bonchev–Trinajstić information content (AvgIpc) is 2.67. The van der Waals surface area contributed by atoms with Crippen molar-refractivity contribution in [1.82, 2.24) is 9.78 Å². The van der Waals surface area contributed by atoms with Crippen LogP contribution in [0.15, 0.2) is 53.3 Å². The van der Waals surface area contributed by atoms with E-state index < -0.39 is 6.10 Å². The zero-order valence-corrected chi connectivity index (χ0v) is 17.4. The molecule has 6 nitrogen and oxygen atoms in total. The topological polar surface area (TPSA) is 73.2 Å². The summed E-state index contributed by atoms with van der Waals surface area (Å²) < 4.78 is 6.91. The Bertz CT molecular complexity index is 1120. The Morgan fingerprint density at radius 1 is 1.07 bits per heavy atom. The Balaban J connectivity index is 1.78. The highest BCUT2D eigenvalue weighted by Crippen LogP contribution is 2.23. The van der Waals surface area contributed by atoms with Gasteiger partial charge in [-0.1, -0.05) is 23.7 Å². The SMILES string of the molecule is Cc1ccc(NC(=O)[C@@H](C)Oc2ccc(=O)n(-c3ccc(C)c(C)c3)n2)c(Cl)c1. The minimum absolute atomic E-state index is 0.167. The van der Waals surface area contributed by atoms with E-state index in [-0.39, 0.29) is 17.3 Å². The third-order valence-electron chi connectivity index (χ3n) is 4.56. The van der Waals surface area contributed by atoms with Crippen LogP contribution in [0.2, 0.25) is 5.02 Å². The molecule has 1 heterocycles. The number of aromatic nitrogens is 2. The number of amides is 1. The van der Waals surface area contributed by atoms with Gasteiger partial charge in [0.05, 0.1) is 16.4 Å². The van der Waals surface area contributed by atoms with Crippen LogP contribution < -0.4 is 15.6 Å². The number of halogens is 1.